The van der Waals surface area contributed by atoms with Gasteiger partial charge in [-0.25, -0.2) is 0 Å². The highest BCUT2D eigenvalue weighted by atomic mass is 16.5. The summed E-state index contributed by atoms with van der Waals surface area (Å²) in [4.78, 5) is 11.9. The summed E-state index contributed by atoms with van der Waals surface area (Å²) in [6.07, 6.45) is 0.601. The van der Waals surface area contributed by atoms with Crippen LogP contribution in [-0.2, 0) is 4.79 Å². The number of hydrogen-bond donors (Lipinski definition) is 2. The van der Waals surface area contributed by atoms with Crippen LogP contribution in [0.5, 0.6) is 5.75 Å². The van der Waals surface area contributed by atoms with Crippen molar-refractivity contribution in [3.63, 3.8) is 0 Å². The summed E-state index contributed by atoms with van der Waals surface area (Å²) in [7, 11) is 0. The van der Waals surface area contributed by atoms with Gasteiger partial charge in [-0.3, -0.25) is 4.79 Å². The van der Waals surface area contributed by atoms with Gasteiger partial charge in [0.1, 0.15) is 5.75 Å². The first kappa shape index (κ1) is 16.5. The Morgan fingerprint density at radius 3 is 2.60 bits per heavy atom. The summed E-state index contributed by atoms with van der Waals surface area (Å²) in [5.74, 6) is 1.07. The third-order valence-electron chi connectivity index (χ3n) is 3.04. The average Bonchev–Trinajstić information content (AvgIpc) is 2.37. The fraction of sp³-hybridized carbons (Fsp3) is 0.562. The Hall–Kier alpha value is -1.55. The van der Waals surface area contributed by atoms with Crippen molar-refractivity contribution in [1.82, 2.24) is 5.32 Å². The Balaban J connectivity index is 2.62. The SMILES string of the molecule is CC(CN)CC(=O)NC(C)c1cccc(OC(C)C)c1. The molecule has 4 nitrogen and oxygen atoms in total. The van der Waals surface area contributed by atoms with E-state index in [-0.39, 0.29) is 24.0 Å². The second-order valence-corrected chi connectivity index (χ2v) is 5.57. The second-order valence-electron chi connectivity index (χ2n) is 5.57. The van der Waals surface area contributed by atoms with E-state index in [0.29, 0.717) is 13.0 Å². The molecule has 1 rings (SSSR count). The van der Waals surface area contributed by atoms with Gasteiger partial charge in [0, 0.05) is 6.42 Å². The molecular formula is C16H26N2O2. The molecule has 0 bridgehead atoms. The molecule has 112 valence electrons. The number of rotatable bonds is 7. The summed E-state index contributed by atoms with van der Waals surface area (Å²) in [6, 6.07) is 7.79. The lowest BCUT2D eigenvalue weighted by atomic mass is 10.1. The second kappa shape index (κ2) is 7.90. The van der Waals surface area contributed by atoms with E-state index in [4.69, 9.17) is 10.5 Å². The molecule has 20 heavy (non-hydrogen) atoms. The van der Waals surface area contributed by atoms with Gasteiger partial charge in [0.25, 0.3) is 0 Å². The molecule has 0 aliphatic carbocycles. The predicted octanol–water partition coefficient (Wildman–Crippen LogP) is 2.64. The van der Waals surface area contributed by atoms with Crippen molar-refractivity contribution < 1.29 is 9.53 Å². The minimum Gasteiger partial charge on any atom is -0.491 e. The normalized spacial score (nSPS) is 13.9. The lowest BCUT2D eigenvalue weighted by Gasteiger charge is -2.17. The molecule has 0 aromatic heterocycles. The van der Waals surface area contributed by atoms with Gasteiger partial charge in [-0.05, 0) is 50.9 Å². The molecule has 2 unspecified atom stereocenters. The molecule has 3 N–H and O–H groups in total. The summed E-state index contributed by atoms with van der Waals surface area (Å²) >= 11 is 0. The zero-order chi connectivity index (χ0) is 15.1. The Morgan fingerprint density at radius 2 is 2.00 bits per heavy atom. The first-order chi connectivity index (χ1) is 9.42. The average molecular weight is 278 g/mol. The molecule has 0 heterocycles. The van der Waals surface area contributed by atoms with Gasteiger partial charge in [-0.15, -0.1) is 0 Å². The Bertz CT molecular complexity index is 432. The van der Waals surface area contributed by atoms with Crippen LogP contribution in [-0.4, -0.2) is 18.6 Å². The molecule has 0 spiro atoms. The van der Waals surface area contributed by atoms with Crippen molar-refractivity contribution in [2.24, 2.45) is 11.7 Å². The van der Waals surface area contributed by atoms with Crippen LogP contribution in [0.4, 0.5) is 0 Å². The van der Waals surface area contributed by atoms with Crippen molar-refractivity contribution in [3.8, 4) is 5.75 Å². The van der Waals surface area contributed by atoms with Crippen LogP contribution in [0.1, 0.15) is 45.7 Å². The molecule has 0 radical (unpaired) electrons. The summed E-state index contributed by atoms with van der Waals surface area (Å²) in [6.45, 7) is 8.46. The zero-order valence-corrected chi connectivity index (χ0v) is 12.8. The number of amides is 1. The van der Waals surface area contributed by atoms with Gasteiger partial charge >= 0.3 is 0 Å². The van der Waals surface area contributed by atoms with E-state index >= 15 is 0 Å². The third kappa shape index (κ3) is 5.61. The standard InChI is InChI=1S/C16H26N2O2/c1-11(2)20-15-7-5-6-14(9-15)13(4)18-16(19)8-12(3)10-17/h5-7,9,11-13H,8,10,17H2,1-4H3,(H,18,19). The van der Waals surface area contributed by atoms with Crippen molar-refractivity contribution in [2.45, 2.75) is 46.3 Å². The number of ether oxygens (including phenoxy) is 1. The lowest BCUT2D eigenvalue weighted by Crippen LogP contribution is -2.29. The Morgan fingerprint density at radius 1 is 1.30 bits per heavy atom. The highest BCUT2D eigenvalue weighted by molar-refractivity contribution is 5.76. The van der Waals surface area contributed by atoms with Crippen LogP contribution >= 0.6 is 0 Å². The van der Waals surface area contributed by atoms with Gasteiger partial charge in [0.2, 0.25) is 5.91 Å². The maximum absolute atomic E-state index is 11.9. The van der Waals surface area contributed by atoms with Gasteiger partial charge in [-0.2, -0.15) is 0 Å². The predicted molar refractivity (Wildman–Crippen MR) is 81.6 cm³/mol. The molecule has 0 fully saturated rings. The van der Waals surface area contributed by atoms with Crippen LogP contribution in [0, 0.1) is 5.92 Å². The van der Waals surface area contributed by atoms with Crippen molar-refractivity contribution in [1.29, 1.82) is 0 Å². The van der Waals surface area contributed by atoms with Crippen LogP contribution in [0.25, 0.3) is 0 Å². The largest absolute Gasteiger partial charge is 0.491 e. The molecule has 2 atom stereocenters. The molecule has 0 aliphatic heterocycles. The fourth-order valence-electron chi connectivity index (χ4n) is 1.91. The first-order valence-electron chi connectivity index (χ1n) is 7.18. The van der Waals surface area contributed by atoms with Crippen molar-refractivity contribution >= 4 is 5.91 Å². The van der Waals surface area contributed by atoms with Crippen LogP contribution in [0.3, 0.4) is 0 Å². The van der Waals surface area contributed by atoms with E-state index < -0.39 is 0 Å². The maximum Gasteiger partial charge on any atom is 0.220 e. The number of hydrogen-bond acceptors (Lipinski definition) is 3. The van der Waals surface area contributed by atoms with E-state index in [1.165, 1.54) is 0 Å². The Kier molecular flexibility index (Phi) is 6.52. The summed E-state index contributed by atoms with van der Waals surface area (Å²) < 4.78 is 5.66. The topological polar surface area (TPSA) is 64.4 Å². The van der Waals surface area contributed by atoms with E-state index in [2.05, 4.69) is 5.32 Å². The van der Waals surface area contributed by atoms with E-state index in [1.54, 1.807) is 0 Å². The lowest BCUT2D eigenvalue weighted by molar-refractivity contribution is -0.122. The third-order valence-corrected chi connectivity index (χ3v) is 3.04. The number of nitrogens with two attached hydrogens (primary N) is 1. The van der Waals surface area contributed by atoms with Gasteiger partial charge in [0.05, 0.1) is 12.1 Å². The number of carbonyl (C=O) groups excluding carboxylic acids is 1. The molecule has 4 heteroatoms. The summed E-state index contributed by atoms with van der Waals surface area (Å²) in [5.41, 5.74) is 6.57. The van der Waals surface area contributed by atoms with Crippen LogP contribution in [0.15, 0.2) is 24.3 Å². The molecular weight excluding hydrogens is 252 g/mol. The molecule has 1 aromatic rings. The van der Waals surface area contributed by atoms with Crippen molar-refractivity contribution in [2.75, 3.05) is 6.54 Å². The first-order valence-corrected chi connectivity index (χ1v) is 7.18. The molecule has 1 aromatic carbocycles. The molecule has 0 saturated carbocycles. The summed E-state index contributed by atoms with van der Waals surface area (Å²) in [5, 5.41) is 2.99. The van der Waals surface area contributed by atoms with Gasteiger partial charge < -0.3 is 15.8 Å². The molecule has 0 aliphatic rings. The Labute approximate surface area is 121 Å². The van der Waals surface area contributed by atoms with Crippen LogP contribution < -0.4 is 15.8 Å². The number of nitrogens with one attached hydrogen (secondary N) is 1. The van der Waals surface area contributed by atoms with Gasteiger partial charge in [-0.1, -0.05) is 19.1 Å². The monoisotopic (exact) mass is 278 g/mol. The fourth-order valence-corrected chi connectivity index (χ4v) is 1.91. The van der Waals surface area contributed by atoms with Crippen molar-refractivity contribution in [3.05, 3.63) is 29.8 Å². The quantitative estimate of drug-likeness (QED) is 0.806. The van der Waals surface area contributed by atoms with E-state index in [9.17, 15) is 4.79 Å². The number of carbonyl (C=O) groups is 1. The van der Waals surface area contributed by atoms with E-state index in [0.717, 1.165) is 11.3 Å². The highest BCUT2D eigenvalue weighted by Gasteiger charge is 2.12. The number of benzene rings is 1. The minimum atomic E-state index is -0.0387. The zero-order valence-electron chi connectivity index (χ0n) is 12.8. The molecule has 0 saturated heterocycles. The van der Waals surface area contributed by atoms with E-state index in [1.807, 2.05) is 52.0 Å². The highest BCUT2D eigenvalue weighted by Crippen LogP contribution is 2.20. The van der Waals surface area contributed by atoms with Gasteiger partial charge in [0.15, 0.2) is 0 Å². The maximum atomic E-state index is 11.9. The van der Waals surface area contributed by atoms with Crippen LogP contribution in [0.2, 0.25) is 0 Å². The minimum absolute atomic E-state index is 0.0330. The smallest absolute Gasteiger partial charge is 0.220 e. The molecule has 1 amide bonds.